The lowest BCUT2D eigenvalue weighted by Gasteiger charge is -2.25. The number of hydrogen-bond donors (Lipinski definition) is 1. The second-order valence-corrected chi connectivity index (χ2v) is 7.44. The first kappa shape index (κ1) is 19.0. The third-order valence-corrected chi connectivity index (χ3v) is 5.68. The van der Waals surface area contributed by atoms with E-state index in [9.17, 15) is 0 Å². The van der Waals surface area contributed by atoms with Crippen molar-refractivity contribution >= 4 is 23.2 Å². The number of nitrogens with one attached hydrogen (secondary N) is 1. The zero-order chi connectivity index (χ0) is 18.5. The lowest BCUT2D eigenvalue weighted by Crippen LogP contribution is -2.30. The maximum absolute atomic E-state index is 6.20. The maximum Gasteiger partial charge on any atom is 0.0595 e. The van der Waals surface area contributed by atoms with Gasteiger partial charge in [0, 0.05) is 12.0 Å². The van der Waals surface area contributed by atoms with Gasteiger partial charge in [0.2, 0.25) is 0 Å². The van der Waals surface area contributed by atoms with Gasteiger partial charge in [-0.25, -0.2) is 0 Å². The summed E-state index contributed by atoms with van der Waals surface area (Å²) in [5, 5.41) is 4.61. The van der Waals surface area contributed by atoms with Gasteiger partial charge in [-0.3, -0.25) is 0 Å². The molecule has 0 aromatic heterocycles. The van der Waals surface area contributed by atoms with Gasteiger partial charge in [0.05, 0.1) is 10.0 Å². The summed E-state index contributed by atoms with van der Waals surface area (Å²) in [5.74, 6) is 0.349. The van der Waals surface area contributed by atoms with E-state index in [-0.39, 0.29) is 0 Å². The Labute approximate surface area is 166 Å². The fourth-order valence-corrected chi connectivity index (χ4v) is 3.58. The second-order valence-electron chi connectivity index (χ2n) is 6.62. The summed E-state index contributed by atoms with van der Waals surface area (Å²) in [4.78, 5) is 0. The van der Waals surface area contributed by atoms with E-state index in [2.05, 4.69) is 66.8 Å². The molecule has 0 bridgehead atoms. The van der Waals surface area contributed by atoms with Gasteiger partial charge >= 0.3 is 0 Å². The zero-order valence-electron chi connectivity index (χ0n) is 15.0. The molecule has 0 heterocycles. The number of rotatable bonds is 6. The average molecular weight is 384 g/mol. The largest absolute Gasteiger partial charge is 0.317 e. The van der Waals surface area contributed by atoms with Gasteiger partial charge in [-0.15, -0.1) is 0 Å². The van der Waals surface area contributed by atoms with Gasteiger partial charge in [-0.2, -0.15) is 0 Å². The van der Waals surface area contributed by atoms with Gasteiger partial charge in [0.25, 0.3) is 0 Å². The topological polar surface area (TPSA) is 12.0 Å². The van der Waals surface area contributed by atoms with Crippen molar-refractivity contribution in [2.45, 2.75) is 25.3 Å². The van der Waals surface area contributed by atoms with Gasteiger partial charge in [-0.1, -0.05) is 83.9 Å². The fourth-order valence-electron chi connectivity index (χ4n) is 3.26. The summed E-state index contributed by atoms with van der Waals surface area (Å²) in [7, 11) is 2.00. The normalized spacial score (nSPS) is 13.4. The van der Waals surface area contributed by atoms with E-state index in [1.165, 1.54) is 22.3 Å². The van der Waals surface area contributed by atoms with Crippen molar-refractivity contribution in [3.63, 3.8) is 0 Å². The molecule has 26 heavy (non-hydrogen) atoms. The van der Waals surface area contributed by atoms with Crippen LogP contribution in [0.4, 0.5) is 0 Å². The lowest BCUT2D eigenvalue weighted by molar-refractivity contribution is 0.491. The van der Waals surface area contributed by atoms with Crippen LogP contribution in [0, 0.1) is 0 Å². The van der Waals surface area contributed by atoms with Crippen molar-refractivity contribution in [1.82, 2.24) is 5.32 Å². The molecular formula is C23H23Cl2N. The van der Waals surface area contributed by atoms with Crippen LogP contribution < -0.4 is 5.32 Å². The van der Waals surface area contributed by atoms with Crippen LogP contribution in [0.2, 0.25) is 10.0 Å². The fraction of sp³-hybridized carbons (Fsp3) is 0.217. The van der Waals surface area contributed by atoms with Crippen LogP contribution in [0.25, 0.3) is 11.1 Å². The maximum atomic E-state index is 6.20. The molecule has 3 heteroatoms. The van der Waals surface area contributed by atoms with Gasteiger partial charge in [0.15, 0.2) is 0 Å². The molecule has 134 valence electrons. The van der Waals surface area contributed by atoms with Crippen LogP contribution in [-0.2, 0) is 6.42 Å². The summed E-state index contributed by atoms with van der Waals surface area (Å²) in [5.41, 5.74) is 4.98. The van der Waals surface area contributed by atoms with Crippen LogP contribution in [0.3, 0.4) is 0 Å². The molecule has 1 nitrogen and oxygen atoms in total. The van der Waals surface area contributed by atoms with E-state index in [0.29, 0.717) is 22.0 Å². The minimum atomic E-state index is 0.340. The van der Waals surface area contributed by atoms with E-state index in [0.717, 1.165) is 6.42 Å². The monoisotopic (exact) mass is 383 g/mol. The van der Waals surface area contributed by atoms with Crippen molar-refractivity contribution in [2.75, 3.05) is 7.05 Å². The summed E-state index contributed by atoms with van der Waals surface area (Å²) < 4.78 is 0. The Morgan fingerprint density at radius 2 is 1.46 bits per heavy atom. The second kappa shape index (κ2) is 8.73. The zero-order valence-corrected chi connectivity index (χ0v) is 16.6. The van der Waals surface area contributed by atoms with Crippen molar-refractivity contribution in [3.05, 3.63) is 94.0 Å². The highest BCUT2D eigenvalue weighted by atomic mass is 35.5. The van der Waals surface area contributed by atoms with Crippen molar-refractivity contribution in [2.24, 2.45) is 0 Å². The van der Waals surface area contributed by atoms with Crippen LogP contribution >= 0.6 is 23.2 Å². The third kappa shape index (κ3) is 4.48. The highest BCUT2D eigenvalue weighted by molar-refractivity contribution is 6.42. The minimum Gasteiger partial charge on any atom is -0.317 e. The quantitative estimate of drug-likeness (QED) is 0.505. The molecule has 0 amide bonds. The summed E-state index contributed by atoms with van der Waals surface area (Å²) in [6, 6.07) is 25.6. The molecule has 0 aliphatic carbocycles. The Bertz CT molecular complexity index is 844. The number of halogens is 2. The van der Waals surface area contributed by atoms with Gasteiger partial charge < -0.3 is 5.32 Å². The molecule has 0 saturated heterocycles. The number of hydrogen-bond acceptors (Lipinski definition) is 1. The molecule has 0 aliphatic heterocycles. The van der Waals surface area contributed by atoms with Crippen LogP contribution in [0.15, 0.2) is 72.8 Å². The predicted octanol–water partition coefficient (Wildman–Crippen LogP) is 6.59. The third-order valence-electron chi connectivity index (χ3n) is 4.94. The first-order valence-electron chi connectivity index (χ1n) is 8.85. The lowest BCUT2D eigenvalue weighted by atomic mass is 9.86. The Morgan fingerprint density at radius 3 is 2.08 bits per heavy atom. The smallest absolute Gasteiger partial charge is 0.0595 e. The van der Waals surface area contributed by atoms with E-state index in [1.807, 2.05) is 25.2 Å². The molecule has 1 N–H and O–H groups in total. The summed E-state index contributed by atoms with van der Waals surface area (Å²) in [6.07, 6.45) is 0.906. The van der Waals surface area contributed by atoms with E-state index in [1.54, 1.807) is 0 Å². The Morgan fingerprint density at radius 1 is 0.808 bits per heavy atom. The van der Waals surface area contributed by atoms with Crippen molar-refractivity contribution in [1.29, 1.82) is 0 Å². The first-order valence-corrected chi connectivity index (χ1v) is 9.60. The molecule has 0 fully saturated rings. The van der Waals surface area contributed by atoms with Crippen LogP contribution in [0.1, 0.15) is 24.0 Å². The Balaban J connectivity index is 1.86. The molecule has 0 unspecified atom stereocenters. The van der Waals surface area contributed by atoms with Gasteiger partial charge in [-0.05, 0) is 54.8 Å². The van der Waals surface area contributed by atoms with Crippen molar-refractivity contribution in [3.8, 4) is 11.1 Å². The number of likely N-dealkylation sites (N-methyl/N-ethyl adjacent to an activating group) is 1. The predicted molar refractivity (Wildman–Crippen MR) is 113 cm³/mol. The molecule has 0 aliphatic rings. The first-order chi connectivity index (χ1) is 12.6. The van der Waals surface area contributed by atoms with Crippen molar-refractivity contribution < 1.29 is 0 Å². The van der Waals surface area contributed by atoms with Crippen LogP contribution in [-0.4, -0.2) is 13.1 Å². The highest BCUT2D eigenvalue weighted by Crippen LogP contribution is 2.30. The molecule has 0 radical (unpaired) electrons. The molecule has 3 aromatic carbocycles. The van der Waals surface area contributed by atoms with E-state index < -0.39 is 0 Å². The molecular weight excluding hydrogens is 361 g/mol. The van der Waals surface area contributed by atoms with E-state index >= 15 is 0 Å². The SMILES string of the molecule is CN[C@@H](C)[C@@H](Cc1ccc(Cl)c(Cl)c1)c1ccc(-c2ccccc2)cc1. The molecule has 0 saturated carbocycles. The average Bonchev–Trinajstić information content (AvgIpc) is 2.69. The Kier molecular flexibility index (Phi) is 6.37. The minimum absolute atomic E-state index is 0.340. The summed E-state index contributed by atoms with van der Waals surface area (Å²) >= 11 is 12.3. The van der Waals surface area contributed by atoms with E-state index in [4.69, 9.17) is 23.2 Å². The van der Waals surface area contributed by atoms with Crippen LogP contribution in [0.5, 0.6) is 0 Å². The Hall–Kier alpha value is -1.80. The molecule has 3 rings (SSSR count). The molecule has 2 atom stereocenters. The van der Waals surface area contributed by atoms with Gasteiger partial charge in [0.1, 0.15) is 0 Å². The number of benzene rings is 3. The standard InChI is InChI=1S/C23H23Cl2N/c1-16(26-2)21(14-17-8-13-22(24)23(25)15-17)20-11-9-19(10-12-20)18-6-4-3-5-7-18/h3-13,15-16,21,26H,14H2,1-2H3/t16-,21+/m0/s1. The summed E-state index contributed by atoms with van der Waals surface area (Å²) in [6.45, 7) is 2.22. The highest BCUT2D eigenvalue weighted by Gasteiger charge is 2.19. The molecule has 3 aromatic rings. The molecule has 0 spiro atoms.